The van der Waals surface area contributed by atoms with Crippen LogP contribution in [0.2, 0.25) is 0 Å². The summed E-state index contributed by atoms with van der Waals surface area (Å²) in [6, 6.07) is 0. The Morgan fingerprint density at radius 2 is 1.09 bits per heavy atom. The summed E-state index contributed by atoms with van der Waals surface area (Å²) in [6.45, 7) is 11.2. The smallest absolute Gasteiger partial charge is 0 e. The Hall–Kier alpha value is 0.0125. The van der Waals surface area contributed by atoms with E-state index in [1.165, 1.54) is 11.1 Å². The van der Waals surface area contributed by atoms with Crippen LogP contribution in [0, 0.1) is 5.92 Å². The second-order valence-electron chi connectivity index (χ2n) is 3.34. The Morgan fingerprint density at radius 3 is 1.18 bits per heavy atom. The van der Waals surface area contributed by atoms with Crippen molar-refractivity contribution in [1.82, 2.24) is 0 Å². The third kappa shape index (κ3) is 1.60. The normalized spacial score (nSPS) is 19.4. The molecule has 0 fully saturated rings. The summed E-state index contributed by atoms with van der Waals surface area (Å²) in [4.78, 5) is 0. The van der Waals surface area contributed by atoms with E-state index >= 15 is 0 Å². The summed E-state index contributed by atoms with van der Waals surface area (Å²) in [7, 11) is 0. The molecule has 62 valence electrons. The van der Waals surface area contributed by atoms with Gasteiger partial charge in [-0.15, -0.1) is 0 Å². The molecular weight excluding hydrogens is 172 g/mol. The molecule has 0 nitrogen and oxygen atoms in total. The van der Waals surface area contributed by atoms with Gasteiger partial charge in [0.05, 0.1) is 0 Å². The second kappa shape index (κ2) is 3.61. The Balaban J connectivity index is 0.000001000. The summed E-state index contributed by atoms with van der Waals surface area (Å²) in [6.07, 6.45) is 0. The van der Waals surface area contributed by atoms with Crippen molar-refractivity contribution < 1.29 is 17.4 Å². The van der Waals surface area contributed by atoms with E-state index in [9.17, 15) is 0 Å². The van der Waals surface area contributed by atoms with Crippen LogP contribution in [0.15, 0.2) is 22.3 Å². The van der Waals surface area contributed by atoms with Crippen molar-refractivity contribution in [2.75, 3.05) is 0 Å². The third-order valence-electron chi connectivity index (χ3n) is 3.04. The fourth-order valence-electron chi connectivity index (χ4n) is 1.57. The molecular formula is C10H16Cr. The van der Waals surface area contributed by atoms with Gasteiger partial charge in [0.15, 0.2) is 0 Å². The first-order valence-electron chi connectivity index (χ1n) is 3.90. The van der Waals surface area contributed by atoms with E-state index in [0.717, 1.165) is 0 Å². The van der Waals surface area contributed by atoms with Gasteiger partial charge in [0.2, 0.25) is 0 Å². The van der Waals surface area contributed by atoms with Gasteiger partial charge in [-0.1, -0.05) is 18.1 Å². The van der Waals surface area contributed by atoms with Gasteiger partial charge in [0.1, 0.15) is 0 Å². The molecule has 0 aromatic carbocycles. The van der Waals surface area contributed by atoms with Crippen molar-refractivity contribution in [2.45, 2.75) is 34.6 Å². The number of hydrogen-bond acceptors (Lipinski definition) is 0. The summed E-state index contributed by atoms with van der Waals surface area (Å²) in [5, 5.41) is 0. The average molecular weight is 188 g/mol. The molecule has 1 rings (SSSR count). The Bertz CT molecular complexity index is 197. The first kappa shape index (κ1) is 11.0. The minimum absolute atomic E-state index is 0. The van der Waals surface area contributed by atoms with Gasteiger partial charge in [0, 0.05) is 17.4 Å². The number of allylic oxidation sites excluding steroid dienone is 4. The van der Waals surface area contributed by atoms with Gasteiger partial charge in [-0.05, 0) is 44.8 Å². The molecule has 0 bridgehead atoms. The molecule has 0 amide bonds. The second-order valence-corrected chi connectivity index (χ2v) is 3.34. The molecule has 0 heterocycles. The molecule has 0 atom stereocenters. The van der Waals surface area contributed by atoms with Gasteiger partial charge >= 0.3 is 0 Å². The van der Waals surface area contributed by atoms with Crippen LogP contribution < -0.4 is 0 Å². The van der Waals surface area contributed by atoms with Crippen LogP contribution in [0.4, 0.5) is 0 Å². The first-order valence-corrected chi connectivity index (χ1v) is 3.90. The molecule has 1 aliphatic rings. The quantitative estimate of drug-likeness (QED) is 0.547. The topological polar surface area (TPSA) is 0 Å². The Labute approximate surface area is 80.5 Å². The van der Waals surface area contributed by atoms with E-state index < -0.39 is 0 Å². The summed E-state index contributed by atoms with van der Waals surface area (Å²) in [5.74, 6) is 0.694. The van der Waals surface area contributed by atoms with E-state index in [1.807, 2.05) is 0 Å². The van der Waals surface area contributed by atoms with E-state index in [-0.39, 0.29) is 17.4 Å². The van der Waals surface area contributed by atoms with Gasteiger partial charge in [-0.25, -0.2) is 0 Å². The molecule has 0 aromatic rings. The van der Waals surface area contributed by atoms with E-state index in [4.69, 9.17) is 0 Å². The minimum Gasteiger partial charge on any atom is -0.0632 e. The zero-order valence-electron chi connectivity index (χ0n) is 7.99. The van der Waals surface area contributed by atoms with Crippen LogP contribution in [0.3, 0.4) is 0 Å². The van der Waals surface area contributed by atoms with Gasteiger partial charge in [-0.3, -0.25) is 0 Å². The predicted molar refractivity (Wildman–Crippen MR) is 45.9 cm³/mol. The maximum atomic E-state index is 2.28. The van der Waals surface area contributed by atoms with Crippen molar-refractivity contribution in [1.29, 1.82) is 0 Å². The average Bonchev–Trinajstić information content (AvgIpc) is 2.07. The van der Waals surface area contributed by atoms with Crippen molar-refractivity contribution in [2.24, 2.45) is 5.92 Å². The Kier molecular flexibility index (Phi) is 3.61. The standard InChI is InChI=1S/C10H16.Cr/c1-6-7(2)9(4)10(5)8(6)3;/h6H,1-5H3;. The monoisotopic (exact) mass is 188 g/mol. The maximum Gasteiger partial charge on any atom is 0 e. The molecule has 0 aliphatic heterocycles. The van der Waals surface area contributed by atoms with E-state index in [1.54, 1.807) is 11.1 Å². The summed E-state index contributed by atoms with van der Waals surface area (Å²) in [5.41, 5.74) is 6.11. The molecule has 11 heavy (non-hydrogen) atoms. The molecule has 1 heteroatoms. The molecule has 0 radical (unpaired) electrons. The number of hydrogen-bond donors (Lipinski definition) is 0. The molecule has 0 spiro atoms. The van der Waals surface area contributed by atoms with Gasteiger partial charge in [-0.2, -0.15) is 0 Å². The molecule has 0 saturated heterocycles. The summed E-state index contributed by atoms with van der Waals surface area (Å²) < 4.78 is 0. The first-order chi connectivity index (χ1) is 4.55. The van der Waals surface area contributed by atoms with Crippen LogP contribution in [0.25, 0.3) is 0 Å². The van der Waals surface area contributed by atoms with Crippen molar-refractivity contribution >= 4 is 0 Å². The zero-order valence-corrected chi connectivity index (χ0v) is 9.26. The summed E-state index contributed by atoms with van der Waals surface area (Å²) >= 11 is 0. The molecule has 0 aromatic heterocycles. The van der Waals surface area contributed by atoms with Gasteiger partial charge in [0.25, 0.3) is 0 Å². The largest absolute Gasteiger partial charge is 0.0632 e. The maximum absolute atomic E-state index is 2.28. The molecule has 0 N–H and O–H groups in total. The molecule has 0 unspecified atom stereocenters. The van der Waals surface area contributed by atoms with Crippen molar-refractivity contribution in [3.8, 4) is 0 Å². The van der Waals surface area contributed by atoms with Crippen LogP contribution in [0.5, 0.6) is 0 Å². The van der Waals surface area contributed by atoms with Crippen LogP contribution in [-0.4, -0.2) is 0 Å². The Morgan fingerprint density at radius 1 is 0.818 bits per heavy atom. The molecule has 1 aliphatic carbocycles. The predicted octanol–water partition coefficient (Wildman–Crippen LogP) is 3.31. The minimum atomic E-state index is 0. The van der Waals surface area contributed by atoms with Gasteiger partial charge < -0.3 is 0 Å². The van der Waals surface area contributed by atoms with Crippen LogP contribution in [0.1, 0.15) is 34.6 Å². The van der Waals surface area contributed by atoms with Crippen LogP contribution in [-0.2, 0) is 17.4 Å². The van der Waals surface area contributed by atoms with Crippen molar-refractivity contribution in [3.63, 3.8) is 0 Å². The SMILES string of the molecule is CC1=C(C)C(C)C(C)=C1C.[Cr]. The fraction of sp³-hybridized carbons (Fsp3) is 0.600. The third-order valence-corrected chi connectivity index (χ3v) is 3.04. The van der Waals surface area contributed by atoms with E-state index in [2.05, 4.69) is 34.6 Å². The molecule has 0 saturated carbocycles. The van der Waals surface area contributed by atoms with E-state index in [0.29, 0.717) is 5.92 Å². The zero-order chi connectivity index (χ0) is 7.89. The van der Waals surface area contributed by atoms with Crippen LogP contribution >= 0.6 is 0 Å². The fourth-order valence-corrected chi connectivity index (χ4v) is 1.57. The number of rotatable bonds is 0. The van der Waals surface area contributed by atoms with Crippen molar-refractivity contribution in [3.05, 3.63) is 22.3 Å².